The Balaban J connectivity index is 1.41. The number of nitrogens with one attached hydrogen (secondary N) is 1. The molecule has 144 valence electrons. The van der Waals surface area contributed by atoms with Crippen molar-refractivity contribution in [3.05, 3.63) is 59.7 Å². The Kier molecular flexibility index (Phi) is 6.88. The molecule has 0 radical (unpaired) electrons. The van der Waals surface area contributed by atoms with E-state index in [0.29, 0.717) is 12.2 Å². The van der Waals surface area contributed by atoms with Crippen LogP contribution in [0.25, 0.3) is 0 Å². The van der Waals surface area contributed by atoms with Crippen LogP contribution in [0.5, 0.6) is 5.75 Å². The number of anilines is 1. The molecule has 1 saturated heterocycles. The minimum absolute atomic E-state index is 0.0466. The second-order valence-electron chi connectivity index (χ2n) is 7.48. The van der Waals surface area contributed by atoms with E-state index in [1.54, 1.807) is 7.11 Å². The van der Waals surface area contributed by atoms with Gasteiger partial charge in [-0.2, -0.15) is 0 Å². The molecule has 0 aliphatic carbocycles. The third kappa shape index (κ3) is 5.83. The molecule has 3 rings (SSSR count). The topological polar surface area (TPSA) is 41.6 Å². The fourth-order valence-corrected chi connectivity index (χ4v) is 3.75. The lowest BCUT2D eigenvalue weighted by Crippen LogP contribution is -2.36. The average molecular weight is 367 g/mol. The molecule has 1 amide bonds. The maximum atomic E-state index is 12.3. The van der Waals surface area contributed by atoms with E-state index in [1.165, 1.54) is 24.8 Å². The number of hydrogen-bond donors (Lipinski definition) is 1. The summed E-state index contributed by atoms with van der Waals surface area (Å²) in [5, 5.41) is 2.99. The number of piperidine rings is 1. The zero-order chi connectivity index (χ0) is 19.1. The van der Waals surface area contributed by atoms with E-state index in [4.69, 9.17) is 4.74 Å². The summed E-state index contributed by atoms with van der Waals surface area (Å²) >= 11 is 0. The lowest BCUT2D eigenvalue weighted by Gasteiger charge is -2.31. The number of methoxy groups -OCH3 is 1. The molecule has 1 aliphatic rings. The number of benzene rings is 2. The van der Waals surface area contributed by atoms with E-state index in [-0.39, 0.29) is 5.91 Å². The second kappa shape index (κ2) is 9.56. The molecule has 2 aromatic rings. The van der Waals surface area contributed by atoms with Crippen molar-refractivity contribution in [1.29, 1.82) is 0 Å². The number of likely N-dealkylation sites (tertiary alicyclic amines) is 1. The monoisotopic (exact) mass is 366 g/mol. The first-order valence-corrected chi connectivity index (χ1v) is 9.85. The fourth-order valence-electron chi connectivity index (χ4n) is 3.75. The van der Waals surface area contributed by atoms with Crippen molar-refractivity contribution in [2.45, 2.75) is 32.6 Å². The predicted octanol–water partition coefficient (Wildman–Crippen LogP) is 4.29. The Bertz CT molecular complexity index is 737. The fraction of sp³-hybridized carbons (Fsp3) is 0.435. The second-order valence-corrected chi connectivity index (χ2v) is 7.48. The molecule has 0 unspecified atom stereocenters. The van der Waals surface area contributed by atoms with Crippen LogP contribution in [-0.4, -0.2) is 37.6 Å². The molecular weight excluding hydrogens is 336 g/mol. The quantitative estimate of drug-likeness (QED) is 0.795. The van der Waals surface area contributed by atoms with Crippen molar-refractivity contribution in [2.75, 3.05) is 32.1 Å². The molecule has 1 aliphatic heterocycles. The van der Waals surface area contributed by atoms with Gasteiger partial charge in [-0.1, -0.05) is 36.4 Å². The smallest absolute Gasteiger partial charge is 0.225 e. The van der Waals surface area contributed by atoms with Crippen molar-refractivity contribution in [3.63, 3.8) is 0 Å². The van der Waals surface area contributed by atoms with Crippen LogP contribution in [0.3, 0.4) is 0 Å². The Morgan fingerprint density at radius 3 is 2.59 bits per heavy atom. The maximum absolute atomic E-state index is 12.3. The molecule has 4 nitrogen and oxygen atoms in total. The minimum atomic E-state index is 0.0466. The van der Waals surface area contributed by atoms with Crippen molar-refractivity contribution >= 4 is 11.6 Å². The number of aryl methyl sites for hydroxylation is 1. The summed E-state index contributed by atoms with van der Waals surface area (Å²) in [6.45, 7) is 4.99. The van der Waals surface area contributed by atoms with Gasteiger partial charge in [-0.25, -0.2) is 0 Å². The summed E-state index contributed by atoms with van der Waals surface area (Å²) in [5.74, 6) is 1.51. The lowest BCUT2D eigenvalue weighted by molar-refractivity contribution is -0.116. The van der Waals surface area contributed by atoms with Crippen LogP contribution in [0, 0.1) is 12.8 Å². The summed E-state index contributed by atoms with van der Waals surface area (Å²) in [6.07, 6.45) is 4.10. The van der Waals surface area contributed by atoms with Crippen molar-refractivity contribution in [3.8, 4) is 5.75 Å². The van der Waals surface area contributed by atoms with Gasteiger partial charge >= 0.3 is 0 Å². The van der Waals surface area contributed by atoms with Crippen molar-refractivity contribution in [2.24, 2.45) is 5.92 Å². The molecular formula is C23H30N2O2. The molecule has 1 fully saturated rings. The third-order valence-electron chi connectivity index (χ3n) is 5.36. The first-order chi connectivity index (χ1) is 13.1. The number of carbonyl (C=O) groups excluding carboxylic acids is 1. The SMILES string of the molecule is COc1ccc(C)cc1NC(=O)CCN1CCC(Cc2ccccc2)CC1. The highest BCUT2D eigenvalue weighted by Crippen LogP contribution is 2.25. The number of carbonyl (C=O) groups is 1. The zero-order valence-corrected chi connectivity index (χ0v) is 16.4. The summed E-state index contributed by atoms with van der Waals surface area (Å²) in [4.78, 5) is 14.8. The van der Waals surface area contributed by atoms with Crippen LogP contribution in [0.15, 0.2) is 48.5 Å². The van der Waals surface area contributed by atoms with Gasteiger partial charge in [0, 0.05) is 13.0 Å². The van der Waals surface area contributed by atoms with Gasteiger partial charge in [0.2, 0.25) is 5.91 Å². The van der Waals surface area contributed by atoms with Gasteiger partial charge in [-0.05, 0) is 68.5 Å². The van der Waals surface area contributed by atoms with Gasteiger partial charge in [0.25, 0.3) is 0 Å². The molecule has 0 aromatic heterocycles. The van der Waals surface area contributed by atoms with Gasteiger partial charge in [0.1, 0.15) is 5.75 Å². The van der Waals surface area contributed by atoms with Crippen LogP contribution in [-0.2, 0) is 11.2 Å². The normalized spacial score (nSPS) is 15.5. The Morgan fingerprint density at radius 2 is 1.89 bits per heavy atom. The number of nitrogens with zero attached hydrogens (tertiary/aromatic N) is 1. The van der Waals surface area contributed by atoms with Crippen LogP contribution < -0.4 is 10.1 Å². The molecule has 0 spiro atoms. The van der Waals surface area contributed by atoms with Crippen molar-refractivity contribution < 1.29 is 9.53 Å². The highest BCUT2D eigenvalue weighted by atomic mass is 16.5. The minimum Gasteiger partial charge on any atom is -0.495 e. The van der Waals surface area contributed by atoms with E-state index in [0.717, 1.165) is 36.8 Å². The standard InChI is InChI=1S/C23H30N2O2/c1-18-8-9-22(27-2)21(16-18)24-23(26)12-15-25-13-10-20(11-14-25)17-19-6-4-3-5-7-19/h3-9,16,20H,10-15,17H2,1-2H3,(H,24,26). The Labute approximate surface area is 162 Å². The van der Waals surface area contributed by atoms with E-state index in [2.05, 4.69) is 40.5 Å². The largest absolute Gasteiger partial charge is 0.495 e. The molecule has 0 atom stereocenters. The van der Waals surface area contributed by atoms with E-state index in [9.17, 15) is 4.79 Å². The number of ether oxygens (including phenoxy) is 1. The summed E-state index contributed by atoms with van der Waals surface area (Å²) < 4.78 is 5.33. The first kappa shape index (κ1) is 19.4. The number of hydrogen-bond acceptors (Lipinski definition) is 3. The van der Waals surface area contributed by atoms with E-state index >= 15 is 0 Å². The molecule has 0 bridgehead atoms. The zero-order valence-electron chi connectivity index (χ0n) is 16.4. The molecule has 1 heterocycles. The van der Waals surface area contributed by atoms with Gasteiger partial charge in [-0.3, -0.25) is 4.79 Å². The third-order valence-corrected chi connectivity index (χ3v) is 5.36. The van der Waals surface area contributed by atoms with E-state index in [1.807, 2.05) is 25.1 Å². The highest BCUT2D eigenvalue weighted by molar-refractivity contribution is 5.92. The summed E-state index contributed by atoms with van der Waals surface area (Å²) in [5.41, 5.74) is 3.29. The Hall–Kier alpha value is -2.33. The van der Waals surface area contributed by atoms with Gasteiger partial charge in [0.15, 0.2) is 0 Å². The van der Waals surface area contributed by atoms with Crippen LogP contribution >= 0.6 is 0 Å². The van der Waals surface area contributed by atoms with Gasteiger partial charge in [0.05, 0.1) is 12.8 Å². The highest BCUT2D eigenvalue weighted by Gasteiger charge is 2.20. The number of amides is 1. The van der Waals surface area contributed by atoms with Crippen LogP contribution in [0.4, 0.5) is 5.69 Å². The Morgan fingerprint density at radius 1 is 1.15 bits per heavy atom. The molecule has 27 heavy (non-hydrogen) atoms. The van der Waals surface area contributed by atoms with Gasteiger partial charge < -0.3 is 15.0 Å². The van der Waals surface area contributed by atoms with Gasteiger partial charge in [-0.15, -0.1) is 0 Å². The van der Waals surface area contributed by atoms with Crippen molar-refractivity contribution in [1.82, 2.24) is 4.90 Å². The molecule has 2 aromatic carbocycles. The maximum Gasteiger partial charge on any atom is 0.225 e. The first-order valence-electron chi connectivity index (χ1n) is 9.85. The van der Waals surface area contributed by atoms with Crippen LogP contribution in [0.1, 0.15) is 30.4 Å². The summed E-state index contributed by atoms with van der Waals surface area (Å²) in [7, 11) is 1.62. The lowest BCUT2D eigenvalue weighted by atomic mass is 9.90. The molecule has 1 N–H and O–H groups in total. The molecule has 4 heteroatoms. The van der Waals surface area contributed by atoms with E-state index < -0.39 is 0 Å². The summed E-state index contributed by atoms with van der Waals surface area (Å²) in [6, 6.07) is 16.6. The van der Waals surface area contributed by atoms with Crippen LogP contribution in [0.2, 0.25) is 0 Å². The predicted molar refractivity (Wildman–Crippen MR) is 110 cm³/mol. The number of rotatable bonds is 7. The average Bonchev–Trinajstić information content (AvgIpc) is 2.68. The molecule has 0 saturated carbocycles.